The molecule has 2 fully saturated rings. The van der Waals surface area contributed by atoms with Crippen molar-refractivity contribution in [2.45, 2.75) is 32.2 Å². The van der Waals surface area contributed by atoms with Gasteiger partial charge in [0.15, 0.2) is 0 Å². The van der Waals surface area contributed by atoms with Gasteiger partial charge in [-0.2, -0.15) is 0 Å². The standard InChI is InChI=1S/C24H29N3O3/c1-17(2)18-8-10-19(11-9-18)27-23(28)16-21(24(27)29)26-14-12-25(13-15-26)20-6-4-5-7-22(20)30-3/h4-11,17,21H,12-16H2,1-3H3. The second kappa shape index (κ2) is 8.48. The molecule has 158 valence electrons. The predicted octanol–water partition coefficient (Wildman–Crippen LogP) is 3.27. The lowest BCUT2D eigenvalue weighted by Crippen LogP contribution is -2.52. The first-order valence-corrected chi connectivity index (χ1v) is 10.6. The fourth-order valence-corrected chi connectivity index (χ4v) is 4.35. The van der Waals surface area contributed by atoms with E-state index in [9.17, 15) is 9.59 Å². The van der Waals surface area contributed by atoms with E-state index in [2.05, 4.69) is 29.7 Å². The number of anilines is 2. The number of hydrogen-bond acceptors (Lipinski definition) is 5. The molecule has 6 nitrogen and oxygen atoms in total. The number of imide groups is 1. The van der Waals surface area contributed by atoms with Gasteiger partial charge >= 0.3 is 0 Å². The van der Waals surface area contributed by atoms with Crippen molar-refractivity contribution in [2.24, 2.45) is 0 Å². The molecule has 0 radical (unpaired) electrons. The van der Waals surface area contributed by atoms with Gasteiger partial charge in [0, 0.05) is 26.2 Å². The molecule has 6 heteroatoms. The number of carbonyl (C=O) groups excluding carboxylic acids is 2. The Bertz CT molecular complexity index is 918. The van der Waals surface area contributed by atoms with Crippen LogP contribution in [-0.4, -0.2) is 56.0 Å². The molecule has 1 unspecified atom stereocenters. The van der Waals surface area contributed by atoms with Gasteiger partial charge in [0.25, 0.3) is 5.91 Å². The molecule has 2 saturated heterocycles. The van der Waals surface area contributed by atoms with Gasteiger partial charge in [-0.15, -0.1) is 0 Å². The van der Waals surface area contributed by atoms with Crippen molar-refractivity contribution >= 4 is 23.2 Å². The summed E-state index contributed by atoms with van der Waals surface area (Å²) in [7, 11) is 1.68. The van der Waals surface area contributed by atoms with Crippen molar-refractivity contribution in [3.63, 3.8) is 0 Å². The maximum atomic E-state index is 13.1. The Hall–Kier alpha value is -2.86. The molecule has 0 N–H and O–H groups in total. The number of ether oxygens (including phenoxy) is 1. The summed E-state index contributed by atoms with van der Waals surface area (Å²) in [5, 5.41) is 0. The van der Waals surface area contributed by atoms with Crippen LogP contribution in [0.4, 0.5) is 11.4 Å². The van der Waals surface area contributed by atoms with Gasteiger partial charge in [-0.1, -0.05) is 38.1 Å². The minimum Gasteiger partial charge on any atom is -0.495 e. The summed E-state index contributed by atoms with van der Waals surface area (Å²) < 4.78 is 5.48. The molecule has 2 heterocycles. The zero-order valence-electron chi connectivity index (χ0n) is 17.9. The van der Waals surface area contributed by atoms with E-state index in [4.69, 9.17) is 4.74 Å². The van der Waals surface area contributed by atoms with Gasteiger partial charge < -0.3 is 9.64 Å². The zero-order valence-corrected chi connectivity index (χ0v) is 17.9. The second-order valence-electron chi connectivity index (χ2n) is 8.23. The summed E-state index contributed by atoms with van der Waals surface area (Å²) in [6.07, 6.45) is 0.249. The van der Waals surface area contributed by atoms with Crippen LogP contribution < -0.4 is 14.5 Å². The molecule has 1 atom stereocenters. The van der Waals surface area contributed by atoms with E-state index >= 15 is 0 Å². The second-order valence-corrected chi connectivity index (χ2v) is 8.23. The summed E-state index contributed by atoms with van der Waals surface area (Å²) in [5.74, 6) is 1.04. The average molecular weight is 408 g/mol. The average Bonchev–Trinajstić information content (AvgIpc) is 3.07. The van der Waals surface area contributed by atoms with E-state index in [0.29, 0.717) is 11.6 Å². The zero-order chi connectivity index (χ0) is 21.3. The lowest BCUT2D eigenvalue weighted by molar-refractivity contribution is -0.123. The van der Waals surface area contributed by atoms with Crippen LogP contribution in [0.3, 0.4) is 0 Å². The number of piperazine rings is 1. The van der Waals surface area contributed by atoms with E-state index < -0.39 is 0 Å². The Morgan fingerprint density at radius 2 is 1.60 bits per heavy atom. The maximum absolute atomic E-state index is 13.1. The molecule has 4 rings (SSSR count). The van der Waals surface area contributed by atoms with Crippen molar-refractivity contribution in [3.8, 4) is 5.75 Å². The highest BCUT2D eigenvalue weighted by Crippen LogP contribution is 2.31. The molecule has 2 aromatic carbocycles. The minimum absolute atomic E-state index is 0.108. The molecule has 2 aliphatic rings. The largest absolute Gasteiger partial charge is 0.495 e. The van der Waals surface area contributed by atoms with Crippen molar-refractivity contribution in [3.05, 3.63) is 54.1 Å². The van der Waals surface area contributed by atoms with Crippen molar-refractivity contribution in [1.29, 1.82) is 0 Å². The summed E-state index contributed by atoms with van der Waals surface area (Å²) in [4.78, 5) is 31.6. The third-order valence-corrected chi connectivity index (χ3v) is 6.12. The molecular formula is C24H29N3O3. The number of carbonyl (C=O) groups is 2. The summed E-state index contributed by atoms with van der Waals surface area (Å²) in [6, 6.07) is 15.4. The van der Waals surface area contributed by atoms with Crippen LogP contribution in [0.25, 0.3) is 0 Å². The SMILES string of the molecule is COc1ccccc1N1CCN(C2CC(=O)N(c3ccc(C(C)C)cc3)C2=O)CC1. The first-order valence-electron chi connectivity index (χ1n) is 10.6. The first kappa shape index (κ1) is 20.4. The smallest absolute Gasteiger partial charge is 0.251 e. The topological polar surface area (TPSA) is 53.1 Å². The van der Waals surface area contributed by atoms with Gasteiger partial charge in [-0.3, -0.25) is 14.5 Å². The fraction of sp³-hybridized carbons (Fsp3) is 0.417. The summed E-state index contributed by atoms with van der Waals surface area (Å²) >= 11 is 0. The lowest BCUT2D eigenvalue weighted by Gasteiger charge is -2.38. The van der Waals surface area contributed by atoms with Crippen molar-refractivity contribution < 1.29 is 14.3 Å². The van der Waals surface area contributed by atoms with Gasteiger partial charge in [0.2, 0.25) is 5.91 Å². The molecule has 0 spiro atoms. The number of para-hydroxylation sites is 2. The molecular weight excluding hydrogens is 378 g/mol. The Morgan fingerprint density at radius 3 is 2.23 bits per heavy atom. The molecule has 30 heavy (non-hydrogen) atoms. The Morgan fingerprint density at radius 1 is 0.933 bits per heavy atom. The third kappa shape index (κ3) is 3.79. The Labute approximate surface area is 178 Å². The van der Waals surface area contributed by atoms with Crippen molar-refractivity contribution in [2.75, 3.05) is 43.1 Å². The molecule has 2 aromatic rings. The number of methoxy groups -OCH3 is 1. The number of benzene rings is 2. The molecule has 0 bridgehead atoms. The molecule has 2 amide bonds. The summed E-state index contributed by atoms with van der Waals surface area (Å²) in [5.41, 5.74) is 2.94. The van der Waals surface area contributed by atoms with Crippen LogP contribution >= 0.6 is 0 Å². The van der Waals surface area contributed by atoms with Gasteiger partial charge in [0.05, 0.1) is 30.9 Å². The van der Waals surface area contributed by atoms with Gasteiger partial charge in [-0.25, -0.2) is 4.90 Å². The van der Waals surface area contributed by atoms with E-state index in [1.807, 2.05) is 42.5 Å². The molecule has 0 aromatic heterocycles. The number of rotatable bonds is 5. The molecule has 0 aliphatic carbocycles. The van der Waals surface area contributed by atoms with Crippen molar-refractivity contribution in [1.82, 2.24) is 4.90 Å². The maximum Gasteiger partial charge on any atom is 0.251 e. The van der Waals surface area contributed by atoms with Gasteiger partial charge in [-0.05, 0) is 35.7 Å². The third-order valence-electron chi connectivity index (χ3n) is 6.12. The monoisotopic (exact) mass is 407 g/mol. The van der Waals surface area contributed by atoms with E-state index in [1.165, 1.54) is 10.5 Å². The highest BCUT2D eigenvalue weighted by Gasteiger charge is 2.43. The van der Waals surface area contributed by atoms with Crippen LogP contribution in [0.5, 0.6) is 5.75 Å². The fourth-order valence-electron chi connectivity index (χ4n) is 4.35. The first-order chi connectivity index (χ1) is 14.5. The summed E-state index contributed by atoms with van der Waals surface area (Å²) in [6.45, 7) is 7.32. The van der Waals surface area contributed by atoms with Crippen LogP contribution in [0.1, 0.15) is 31.7 Å². The number of hydrogen-bond donors (Lipinski definition) is 0. The number of amides is 2. The minimum atomic E-state index is -0.373. The lowest BCUT2D eigenvalue weighted by atomic mass is 10.0. The van der Waals surface area contributed by atoms with Gasteiger partial charge in [0.1, 0.15) is 5.75 Å². The van der Waals surface area contributed by atoms with Crippen LogP contribution in [0.2, 0.25) is 0 Å². The van der Waals surface area contributed by atoms with E-state index in [1.54, 1.807) is 7.11 Å². The molecule has 0 saturated carbocycles. The van der Waals surface area contributed by atoms with Crippen LogP contribution in [-0.2, 0) is 9.59 Å². The quantitative estimate of drug-likeness (QED) is 0.712. The Balaban J connectivity index is 1.43. The normalized spacial score (nSPS) is 20.3. The molecule has 2 aliphatic heterocycles. The predicted molar refractivity (Wildman–Crippen MR) is 118 cm³/mol. The van der Waals surface area contributed by atoms with Crippen LogP contribution in [0.15, 0.2) is 48.5 Å². The number of nitrogens with zero attached hydrogens (tertiary/aromatic N) is 3. The highest BCUT2D eigenvalue weighted by atomic mass is 16.5. The van der Waals surface area contributed by atoms with E-state index in [-0.39, 0.29) is 24.3 Å². The van der Waals surface area contributed by atoms with Crippen LogP contribution in [0, 0.1) is 0 Å². The Kier molecular flexibility index (Phi) is 5.77. The highest BCUT2D eigenvalue weighted by molar-refractivity contribution is 6.22. The van der Waals surface area contributed by atoms with E-state index in [0.717, 1.165) is 37.6 Å².